The summed E-state index contributed by atoms with van der Waals surface area (Å²) in [6.07, 6.45) is 19.5. The van der Waals surface area contributed by atoms with Crippen LogP contribution in [0.3, 0.4) is 0 Å². The van der Waals surface area contributed by atoms with Crippen LogP contribution in [-0.2, 0) is 14.2 Å². The summed E-state index contributed by atoms with van der Waals surface area (Å²) in [6, 6.07) is 0.507. The van der Waals surface area contributed by atoms with Gasteiger partial charge in [0.15, 0.2) is 0 Å². The van der Waals surface area contributed by atoms with Crippen LogP contribution in [0.2, 0.25) is 0 Å². The summed E-state index contributed by atoms with van der Waals surface area (Å²) in [6.45, 7) is 17.5. The maximum Gasteiger partial charge on any atom is 0.0765 e. The number of hydrogen-bond donors (Lipinski definition) is 1. The van der Waals surface area contributed by atoms with Crippen LogP contribution in [0.1, 0.15) is 125 Å². The van der Waals surface area contributed by atoms with Gasteiger partial charge in [-0.2, -0.15) is 0 Å². The van der Waals surface area contributed by atoms with E-state index >= 15 is 0 Å². The van der Waals surface area contributed by atoms with Crippen molar-refractivity contribution in [1.82, 2.24) is 4.90 Å². The molecule has 0 radical (unpaired) electrons. The van der Waals surface area contributed by atoms with Crippen molar-refractivity contribution in [3.05, 3.63) is 22.8 Å². The van der Waals surface area contributed by atoms with Crippen LogP contribution in [0.4, 0.5) is 0 Å². The molecule has 6 rings (SSSR count). The zero-order chi connectivity index (χ0) is 30.9. The van der Waals surface area contributed by atoms with Gasteiger partial charge in [-0.05, 0) is 100 Å². The molecular weight excluding hydrogens is 546 g/mol. The van der Waals surface area contributed by atoms with Gasteiger partial charge < -0.3 is 19.3 Å². The lowest BCUT2D eigenvalue weighted by Gasteiger charge is -2.49. The highest BCUT2D eigenvalue weighted by Gasteiger charge is 2.59. The van der Waals surface area contributed by atoms with Gasteiger partial charge in [0, 0.05) is 31.7 Å². The Labute approximate surface area is 269 Å². The maximum atomic E-state index is 10.4. The van der Waals surface area contributed by atoms with E-state index in [-0.39, 0.29) is 11.7 Å². The van der Waals surface area contributed by atoms with E-state index in [9.17, 15) is 5.11 Å². The lowest BCUT2D eigenvalue weighted by atomic mass is 9.56. The number of ether oxygens (including phenoxy) is 3. The van der Waals surface area contributed by atoms with Crippen molar-refractivity contribution in [2.24, 2.45) is 35.0 Å². The molecule has 1 N–H and O–H groups in total. The molecule has 6 aliphatic rings. The normalized spacial score (nSPS) is 42.1. The van der Waals surface area contributed by atoms with Crippen LogP contribution in [0.5, 0.6) is 0 Å². The number of piperidine rings is 1. The molecule has 0 aromatic carbocycles. The summed E-state index contributed by atoms with van der Waals surface area (Å²) in [4.78, 5) is 2.74. The van der Waals surface area contributed by atoms with E-state index < -0.39 is 0 Å². The molecular formula is C39H65NO4. The Morgan fingerprint density at radius 3 is 2.61 bits per heavy atom. The van der Waals surface area contributed by atoms with Gasteiger partial charge in [0.05, 0.1) is 37.6 Å². The molecule has 1 spiro atoms. The number of nitrogens with zero attached hydrogens (tertiary/aromatic N) is 1. The molecule has 10 atom stereocenters. The molecule has 0 bridgehead atoms. The zero-order valence-corrected chi connectivity index (χ0v) is 29.0. The average molecular weight is 612 g/mol. The SMILES string of the molecule is CCCCCCCOCCOCCN1C[C@@H](C)C[C@H]2O[C@]3(CC[C@@H]4C(=C(C)C3)C[C@H]3[C@H]4CCC4=C[C@@H](O)CC[C@@]43C)[C@H](C)[C@@H]21. The molecule has 5 heteroatoms. The lowest BCUT2D eigenvalue weighted by molar-refractivity contribution is -0.0807. The van der Waals surface area contributed by atoms with Crippen LogP contribution >= 0.6 is 0 Å². The molecule has 2 saturated carbocycles. The Balaban J connectivity index is 1.05. The average Bonchev–Trinajstić information content (AvgIpc) is 3.46. The molecule has 0 amide bonds. The third-order valence-electron chi connectivity index (χ3n) is 13.6. The highest BCUT2D eigenvalue weighted by Crippen LogP contribution is 2.64. The number of fused-ring (bicyclic) bond motifs is 6. The van der Waals surface area contributed by atoms with Gasteiger partial charge in [-0.25, -0.2) is 0 Å². The van der Waals surface area contributed by atoms with Gasteiger partial charge in [0.25, 0.3) is 0 Å². The number of allylic oxidation sites excluding steroid dienone is 2. The molecule has 4 aliphatic carbocycles. The van der Waals surface area contributed by atoms with Gasteiger partial charge in [-0.3, -0.25) is 4.90 Å². The Morgan fingerprint density at radius 1 is 1.00 bits per heavy atom. The number of hydrogen-bond acceptors (Lipinski definition) is 5. The number of rotatable bonds is 12. The van der Waals surface area contributed by atoms with Crippen LogP contribution < -0.4 is 0 Å². The lowest BCUT2D eigenvalue weighted by Crippen LogP contribution is -2.52. The van der Waals surface area contributed by atoms with Crippen molar-refractivity contribution in [1.29, 1.82) is 0 Å². The fraction of sp³-hybridized carbons (Fsp3) is 0.897. The molecule has 44 heavy (non-hydrogen) atoms. The summed E-state index contributed by atoms with van der Waals surface area (Å²) in [5.74, 6) is 3.52. The minimum Gasteiger partial charge on any atom is -0.389 e. The minimum atomic E-state index is -0.218. The van der Waals surface area contributed by atoms with E-state index in [4.69, 9.17) is 14.2 Å². The highest BCUT2D eigenvalue weighted by molar-refractivity contribution is 5.33. The van der Waals surface area contributed by atoms with E-state index in [1.165, 1.54) is 70.6 Å². The fourth-order valence-electron chi connectivity index (χ4n) is 11.2. The summed E-state index contributed by atoms with van der Waals surface area (Å²) in [5.41, 5.74) is 5.32. The summed E-state index contributed by atoms with van der Waals surface area (Å²) >= 11 is 0. The summed E-state index contributed by atoms with van der Waals surface area (Å²) in [5, 5.41) is 10.4. The smallest absolute Gasteiger partial charge is 0.0765 e. The predicted octanol–water partition coefficient (Wildman–Crippen LogP) is 8.11. The van der Waals surface area contributed by atoms with Gasteiger partial charge in [-0.15, -0.1) is 0 Å². The van der Waals surface area contributed by atoms with Crippen molar-refractivity contribution < 1.29 is 19.3 Å². The predicted molar refractivity (Wildman–Crippen MR) is 179 cm³/mol. The molecule has 2 saturated heterocycles. The summed E-state index contributed by atoms with van der Waals surface area (Å²) < 4.78 is 19.2. The van der Waals surface area contributed by atoms with E-state index in [1.54, 1.807) is 16.7 Å². The first-order valence-corrected chi connectivity index (χ1v) is 18.9. The Kier molecular flexibility index (Phi) is 10.7. The van der Waals surface area contributed by atoms with Crippen molar-refractivity contribution in [3.8, 4) is 0 Å². The van der Waals surface area contributed by atoms with Crippen molar-refractivity contribution in [2.45, 2.75) is 148 Å². The van der Waals surface area contributed by atoms with Crippen molar-refractivity contribution >= 4 is 0 Å². The van der Waals surface area contributed by atoms with Crippen LogP contribution in [0.25, 0.3) is 0 Å². The second-order valence-electron chi connectivity index (χ2n) is 16.3. The largest absolute Gasteiger partial charge is 0.389 e. The topological polar surface area (TPSA) is 51.2 Å². The maximum absolute atomic E-state index is 10.4. The third kappa shape index (κ3) is 6.53. The molecule has 2 heterocycles. The molecule has 0 unspecified atom stereocenters. The highest BCUT2D eigenvalue weighted by atomic mass is 16.5. The first-order valence-electron chi connectivity index (χ1n) is 18.9. The number of aliphatic hydroxyl groups excluding tert-OH is 1. The van der Waals surface area contributed by atoms with Crippen LogP contribution in [0.15, 0.2) is 22.8 Å². The monoisotopic (exact) mass is 611 g/mol. The molecule has 5 nitrogen and oxygen atoms in total. The Hall–Kier alpha value is -0.720. The zero-order valence-electron chi connectivity index (χ0n) is 29.0. The van der Waals surface area contributed by atoms with Crippen molar-refractivity contribution in [2.75, 3.05) is 39.5 Å². The Morgan fingerprint density at radius 2 is 1.80 bits per heavy atom. The first kappa shape index (κ1) is 33.2. The van der Waals surface area contributed by atoms with Crippen LogP contribution in [0, 0.1) is 35.0 Å². The van der Waals surface area contributed by atoms with E-state index in [0.717, 1.165) is 63.3 Å². The fourth-order valence-corrected chi connectivity index (χ4v) is 11.2. The van der Waals surface area contributed by atoms with E-state index in [2.05, 4.69) is 45.6 Å². The molecule has 4 fully saturated rings. The van der Waals surface area contributed by atoms with Crippen LogP contribution in [-0.4, -0.2) is 73.4 Å². The number of aliphatic hydroxyl groups is 1. The number of unbranched alkanes of at least 4 members (excludes halogenated alkanes) is 4. The van der Waals surface area contributed by atoms with E-state index in [1.807, 2.05) is 0 Å². The second-order valence-corrected chi connectivity index (χ2v) is 16.3. The standard InChI is InChI=1S/C39H65NO4/c1-6-7-8-9-10-18-42-20-21-43-19-17-40-26-27(2)22-36-37(40)29(4)39(44-36)16-14-32-33-12-11-30-23-31(41)13-15-38(30,5)35(33)24-34(32)28(3)25-39/h23,27,29,31-33,35-37,41H,6-22,24-26H2,1-5H3/t27-,29+,31-,32-,33-,35-,36+,37-,38-,39-/m0/s1. The minimum absolute atomic E-state index is 0.0149. The van der Waals surface area contributed by atoms with Gasteiger partial charge in [0.1, 0.15) is 0 Å². The number of likely N-dealkylation sites (tertiary alicyclic amines) is 1. The molecule has 0 aromatic heterocycles. The van der Waals surface area contributed by atoms with Gasteiger partial charge >= 0.3 is 0 Å². The third-order valence-corrected chi connectivity index (χ3v) is 13.6. The van der Waals surface area contributed by atoms with Gasteiger partial charge in [0.2, 0.25) is 0 Å². The molecule has 0 aromatic rings. The summed E-state index contributed by atoms with van der Waals surface area (Å²) in [7, 11) is 0. The van der Waals surface area contributed by atoms with Crippen molar-refractivity contribution in [3.63, 3.8) is 0 Å². The Bertz CT molecular complexity index is 1040. The quantitative estimate of drug-likeness (QED) is 0.178. The van der Waals surface area contributed by atoms with Gasteiger partial charge in [-0.1, -0.05) is 76.2 Å². The molecule has 2 aliphatic heterocycles. The first-order chi connectivity index (χ1) is 21.3. The molecule has 250 valence electrons. The van der Waals surface area contributed by atoms with E-state index in [0.29, 0.717) is 42.6 Å². The second kappa shape index (κ2) is 14.2.